The van der Waals surface area contributed by atoms with Crippen LogP contribution in [0.2, 0.25) is 0 Å². The SMILES string of the molecule is CC(=O)c1ccc(Cn2cccn2)cc1.Cl. The zero-order valence-corrected chi connectivity index (χ0v) is 9.78. The molecule has 0 saturated carbocycles. The fourth-order valence-corrected chi connectivity index (χ4v) is 1.43. The third kappa shape index (κ3) is 2.94. The van der Waals surface area contributed by atoms with Gasteiger partial charge < -0.3 is 0 Å². The third-order valence-electron chi connectivity index (χ3n) is 2.26. The number of aromatic nitrogens is 2. The number of carbonyl (C=O) groups excluding carboxylic acids is 1. The van der Waals surface area contributed by atoms with Gasteiger partial charge in [-0.3, -0.25) is 9.48 Å². The van der Waals surface area contributed by atoms with Crippen molar-refractivity contribution in [2.45, 2.75) is 13.5 Å². The number of benzene rings is 1. The van der Waals surface area contributed by atoms with Gasteiger partial charge in [0.25, 0.3) is 0 Å². The minimum Gasteiger partial charge on any atom is -0.295 e. The molecule has 0 amide bonds. The van der Waals surface area contributed by atoms with E-state index in [1.165, 1.54) is 0 Å². The second kappa shape index (κ2) is 5.47. The molecule has 0 saturated heterocycles. The Morgan fingerprint density at radius 2 is 2.00 bits per heavy atom. The van der Waals surface area contributed by atoms with Gasteiger partial charge in [-0.05, 0) is 18.6 Å². The summed E-state index contributed by atoms with van der Waals surface area (Å²) in [7, 11) is 0. The zero-order valence-electron chi connectivity index (χ0n) is 8.96. The van der Waals surface area contributed by atoms with E-state index in [9.17, 15) is 4.79 Å². The summed E-state index contributed by atoms with van der Waals surface area (Å²) in [6, 6.07) is 9.50. The Labute approximate surface area is 101 Å². The van der Waals surface area contributed by atoms with Crippen molar-refractivity contribution in [3.8, 4) is 0 Å². The quantitative estimate of drug-likeness (QED) is 0.768. The fourth-order valence-electron chi connectivity index (χ4n) is 1.43. The number of ketones is 1. The van der Waals surface area contributed by atoms with Crippen LogP contribution in [0.25, 0.3) is 0 Å². The molecule has 2 rings (SSSR count). The normalized spacial score (nSPS) is 9.56. The summed E-state index contributed by atoms with van der Waals surface area (Å²) in [4.78, 5) is 11.1. The molecule has 16 heavy (non-hydrogen) atoms. The van der Waals surface area contributed by atoms with Crippen molar-refractivity contribution in [3.05, 3.63) is 53.9 Å². The van der Waals surface area contributed by atoms with Crippen LogP contribution < -0.4 is 0 Å². The molecule has 0 aliphatic carbocycles. The number of rotatable bonds is 3. The van der Waals surface area contributed by atoms with Crippen LogP contribution in [-0.2, 0) is 6.54 Å². The van der Waals surface area contributed by atoms with Crippen LogP contribution >= 0.6 is 12.4 Å². The molecule has 0 radical (unpaired) electrons. The lowest BCUT2D eigenvalue weighted by molar-refractivity contribution is 0.101. The molecule has 0 aliphatic rings. The standard InChI is InChI=1S/C12H12N2O.ClH/c1-10(15)12-5-3-11(4-6-12)9-14-8-2-7-13-14;/h2-8H,9H2,1H3;1H. The average Bonchev–Trinajstić information content (AvgIpc) is 2.71. The van der Waals surface area contributed by atoms with Crippen molar-refractivity contribution in [1.82, 2.24) is 9.78 Å². The summed E-state index contributed by atoms with van der Waals surface area (Å²) in [5, 5.41) is 4.12. The maximum atomic E-state index is 11.1. The number of halogens is 1. The lowest BCUT2D eigenvalue weighted by Gasteiger charge is -2.02. The molecule has 0 N–H and O–H groups in total. The predicted octanol–water partition coefficient (Wildman–Crippen LogP) is 2.56. The molecule has 2 aromatic rings. The van der Waals surface area contributed by atoms with Crippen LogP contribution in [0.3, 0.4) is 0 Å². The minimum absolute atomic E-state index is 0. The molecule has 1 heterocycles. The van der Waals surface area contributed by atoms with Crippen molar-refractivity contribution < 1.29 is 4.79 Å². The van der Waals surface area contributed by atoms with Gasteiger partial charge in [-0.1, -0.05) is 24.3 Å². The molecule has 1 aromatic carbocycles. The van der Waals surface area contributed by atoms with Crippen LogP contribution in [0.1, 0.15) is 22.8 Å². The van der Waals surface area contributed by atoms with Crippen LogP contribution in [-0.4, -0.2) is 15.6 Å². The Bertz CT molecular complexity index is 448. The van der Waals surface area contributed by atoms with E-state index < -0.39 is 0 Å². The minimum atomic E-state index is 0. The van der Waals surface area contributed by atoms with Crippen molar-refractivity contribution in [2.24, 2.45) is 0 Å². The molecular weight excluding hydrogens is 224 g/mol. The van der Waals surface area contributed by atoms with Crippen molar-refractivity contribution in [1.29, 1.82) is 0 Å². The van der Waals surface area contributed by atoms with E-state index in [-0.39, 0.29) is 18.2 Å². The first-order valence-corrected chi connectivity index (χ1v) is 4.83. The van der Waals surface area contributed by atoms with E-state index in [0.29, 0.717) is 0 Å². The highest BCUT2D eigenvalue weighted by Gasteiger charge is 1.99. The smallest absolute Gasteiger partial charge is 0.159 e. The lowest BCUT2D eigenvalue weighted by Crippen LogP contribution is -2.00. The van der Waals surface area contributed by atoms with Gasteiger partial charge in [-0.2, -0.15) is 5.10 Å². The van der Waals surface area contributed by atoms with Gasteiger partial charge in [-0.25, -0.2) is 0 Å². The van der Waals surface area contributed by atoms with Crippen molar-refractivity contribution >= 4 is 18.2 Å². The first kappa shape index (κ1) is 12.5. The first-order chi connectivity index (χ1) is 7.25. The molecule has 84 valence electrons. The Balaban J connectivity index is 0.00000128. The van der Waals surface area contributed by atoms with Gasteiger partial charge in [0, 0.05) is 18.0 Å². The van der Waals surface area contributed by atoms with Gasteiger partial charge in [0.2, 0.25) is 0 Å². The highest BCUT2D eigenvalue weighted by Crippen LogP contribution is 2.06. The Hall–Kier alpha value is -1.61. The molecule has 0 aliphatic heterocycles. The number of hydrogen-bond acceptors (Lipinski definition) is 2. The Kier molecular flexibility index (Phi) is 4.26. The molecule has 0 unspecified atom stereocenters. The van der Waals surface area contributed by atoms with Crippen molar-refractivity contribution in [3.63, 3.8) is 0 Å². The molecule has 0 bridgehead atoms. The van der Waals surface area contributed by atoms with E-state index in [0.717, 1.165) is 17.7 Å². The van der Waals surface area contributed by atoms with Gasteiger partial charge in [0.05, 0.1) is 6.54 Å². The number of nitrogens with zero attached hydrogens (tertiary/aromatic N) is 2. The highest BCUT2D eigenvalue weighted by atomic mass is 35.5. The molecule has 3 nitrogen and oxygen atoms in total. The molecule has 4 heteroatoms. The summed E-state index contributed by atoms with van der Waals surface area (Å²) >= 11 is 0. The van der Waals surface area contributed by atoms with Crippen molar-refractivity contribution in [2.75, 3.05) is 0 Å². The molecular formula is C12H13ClN2O. The first-order valence-electron chi connectivity index (χ1n) is 4.83. The van der Waals surface area contributed by atoms with Gasteiger partial charge in [-0.15, -0.1) is 12.4 Å². The monoisotopic (exact) mass is 236 g/mol. The topological polar surface area (TPSA) is 34.9 Å². The van der Waals surface area contributed by atoms with Crippen LogP contribution in [0.4, 0.5) is 0 Å². The second-order valence-corrected chi connectivity index (χ2v) is 3.46. The summed E-state index contributed by atoms with van der Waals surface area (Å²) in [6.07, 6.45) is 3.67. The number of Topliss-reactive ketones (excluding diaryl/α,β-unsaturated/α-hetero) is 1. The average molecular weight is 237 g/mol. The molecule has 0 spiro atoms. The van der Waals surface area contributed by atoms with E-state index in [1.807, 2.05) is 41.2 Å². The maximum Gasteiger partial charge on any atom is 0.159 e. The van der Waals surface area contributed by atoms with E-state index in [2.05, 4.69) is 5.10 Å². The van der Waals surface area contributed by atoms with Gasteiger partial charge >= 0.3 is 0 Å². The van der Waals surface area contributed by atoms with E-state index >= 15 is 0 Å². The van der Waals surface area contributed by atoms with E-state index in [1.54, 1.807) is 13.1 Å². The Morgan fingerprint density at radius 1 is 1.31 bits per heavy atom. The van der Waals surface area contributed by atoms with Crippen LogP contribution in [0.15, 0.2) is 42.7 Å². The molecule has 0 atom stereocenters. The largest absolute Gasteiger partial charge is 0.295 e. The predicted molar refractivity (Wildman–Crippen MR) is 65.0 cm³/mol. The van der Waals surface area contributed by atoms with E-state index in [4.69, 9.17) is 0 Å². The molecule has 1 aromatic heterocycles. The highest BCUT2D eigenvalue weighted by molar-refractivity contribution is 5.93. The number of hydrogen-bond donors (Lipinski definition) is 0. The Morgan fingerprint density at radius 3 is 2.50 bits per heavy atom. The number of carbonyl (C=O) groups is 1. The molecule has 0 fully saturated rings. The fraction of sp³-hybridized carbons (Fsp3) is 0.167. The summed E-state index contributed by atoms with van der Waals surface area (Å²) in [5.74, 6) is 0.0978. The van der Waals surface area contributed by atoms with Crippen LogP contribution in [0, 0.1) is 0 Å². The second-order valence-electron chi connectivity index (χ2n) is 3.46. The summed E-state index contributed by atoms with van der Waals surface area (Å²) in [5.41, 5.74) is 1.89. The van der Waals surface area contributed by atoms with Gasteiger partial charge in [0.1, 0.15) is 0 Å². The zero-order chi connectivity index (χ0) is 10.7. The van der Waals surface area contributed by atoms with Crippen LogP contribution in [0.5, 0.6) is 0 Å². The van der Waals surface area contributed by atoms with Gasteiger partial charge in [0.15, 0.2) is 5.78 Å². The summed E-state index contributed by atoms with van der Waals surface area (Å²) < 4.78 is 1.85. The maximum absolute atomic E-state index is 11.1. The third-order valence-corrected chi connectivity index (χ3v) is 2.26. The summed E-state index contributed by atoms with van der Waals surface area (Å²) in [6.45, 7) is 2.31. The lowest BCUT2D eigenvalue weighted by atomic mass is 10.1.